The summed E-state index contributed by atoms with van der Waals surface area (Å²) in [4.78, 5) is 28.3. The van der Waals surface area contributed by atoms with Crippen molar-refractivity contribution in [3.8, 4) is 22.5 Å². The molecule has 2 aromatic carbocycles. The van der Waals surface area contributed by atoms with E-state index >= 15 is 0 Å². The molecule has 0 aliphatic carbocycles. The molecule has 4 aromatic rings. The van der Waals surface area contributed by atoms with Crippen LogP contribution >= 0.6 is 11.6 Å². The Balaban J connectivity index is 0.00000158. The van der Waals surface area contributed by atoms with Gasteiger partial charge in [0.15, 0.2) is 0 Å². The lowest BCUT2D eigenvalue weighted by Gasteiger charge is -2.16. The number of aromatic nitrogens is 3. The second-order valence-corrected chi connectivity index (χ2v) is 7.72. The number of carbonyl (C=O) groups is 1. The van der Waals surface area contributed by atoms with Gasteiger partial charge in [0.1, 0.15) is 6.29 Å². The minimum absolute atomic E-state index is 0.00509. The molecule has 34 heavy (non-hydrogen) atoms. The number of aldehydes is 1. The molecule has 0 saturated carbocycles. The summed E-state index contributed by atoms with van der Waals surface area (Å²) in [6.45, 7) is 0.00509. The maximum absolute atomic E-state index is 12.8. The Hall–Kier alpha value is -3.43. The molecular weight excluding hydrogens is 469 g/mol. The van der Waals surface area contributed by atoms with Crippen LogP contribution in [-0.4, -0.2) is 33.5 Å². The summed E-state index contributed by atoms with van der Waals surface area (Å²) in [6.07, 6.45) is -3.17. The van der Waals surface area contributed by atoms with Crippen LogP contribution < -0.4 is 11.3 Å². The van der Waals surface area contributed by atoms with Crippen LogP contribution in [0.2, 0.25) is 5.02 Å². The summed E-state index contributed by atoms with van der Waals surface area (Å²) < 4.78 is 41.3. The number of nitrogens with two attached hydrogens (primary N) is 1. The number of nitrogens with zero attached hydrogens (tertiary/aromatic N) is 3. The predicted octanol–water partition coefficient (Wildman–Crippen LogP) is 5.21. The lowest BCUT2D eigenvalue weighted by Crippen LogP contribution is -2.19. The van der Waals surface area contributed by atoms with Crippen LogP contribution in [0.4, 0.5) is 13.2 Å². The molecule has 2 N–H and O–H groups in total. The molecule has 0 radical (unpaired) electrons. The van der Waals surface area contributed by atoms with E-state index in [1.807, 2.05) is 0 Å². The molecule has 0 fully saturated rings. The van der Waals surface area contributed by atoms with Crippen molar-refractivity contribution in [3.63, 3.8) is 0 Å². The third-order valence-corrected chi connectivity index (χ3v) is 5.29. The quantitative estimate of drug-likeness (QED) is 0.376. The zero-order chi connectivity index (χ0) is 24.9. The van der Waals surface area contributed by atoms with Gasteiger partial charge < -0.3 is 10.3 Å². The Morgan fingerprint density at radius 2 is 1.65 bits per heavy atom. The van der Waals surface area contributed by atoms with Gasteiger partial charge in [-0.25, -0.2) is 4.98 Å². The number of aryl methyl sites for hydroxylation is 1. The van der Waals surface area contributed by atoms with Gasteiger partial charge in [-0.2, -0.15) is 13.2 Å². The molecule has 6 nitrogen and oxygen atoms in total. The van der Waals surface area contributed by atoms with Gasteiger partial charge >= 0.3 is 6.18 Å². The fraction of sp³-hybridized carbons (Fsp3) is 0.208. The summed E-state index contributed by atoms with van der Waals surface area (Å²) >= 11 is 5.94. The van der Waals surface area contributed by atoms with E-state index < -0.39 is 12.6 Å². The molecule has 0 amide bonds. The maximum Gasteiger partial charge on any atom is 0.389 e. The molecule has 0 spiro atoms. The fourth-order valence-electron chi connectivity index (χ4n) is 3.48. The van der Waals surface area contributed by atoms with Gasteiger partial charge in [-0.1, -0.05) is 48.0 Å². The van der Waals surface area contributed by atoms with Gasteiger partial charge in [-0.15, -0.1) is 0 Å². The highest BCUT2D eigenvalue weighted by atomic mass is 35.5. The average molecular weight is 491 g/mol. The van der Waals surface area contributed by atoms with E-state index in [1.165, 1.54) is 17.5 Å². The smallest absolute Gasteiger partial charge is 0.333 e. The van der Waals surface area contributed by atoms with E-state index in [-0.39, 0.29) is 24.3 Å². The van der Waals surface area contributed by atoms with Crippen molar-refractivity contribution >= 4 is 23.7 Å². The van der Waals surface area contributed by atoms with E-state index in [0.717, 1.165) is 5.56 Å². The largest absolute Gasteiger partial charge is 0.389 e. The summed E-state index contributed by atoms with van der Waals surface area (Å²) in [5.74, 6) is 0.235. The predicted molar refractivity (Wildman–Crippen MR) is 126 cm³/mol. The number of hydrogen-bond donors (Lipinski definition) is 1. The second-order valence-electron chi connectivity index (χ2n) is 7.28. The SMILES string of the molecule is CN.O=Cc1ccc(-c2cc(=O)n3cc(-c4ccc(Cl)cc4)nc3n2CCCC(F)(F)F)cc1. The molecule has 2 aromatic heterocycles. The Bertz CT molecular complexity index is 1330. The summed E-state index contributed by atoms with van der Waals surface area (Å²) in [7, 11) is 1.50. The first kappa shape index (κ1) is 25.2. The molecule has 4 rings (SSSR count). The monoisotopic (exact) mass is 490 g/mol. The lowest BCUT2D eigenvalue weighted by atomic mass is 10.1. The Morgan fingerprint density at radius 1 is 1.03 bits per heavy atom. The minimum Gasteiger partial charge on any atom is -0.333 e. The van der Waals surface area contributed by atoms with Crippen molar-refractivity contribution in [2.75, 3.05) is 7.05 Å². The third kappa shape index (κ3) is 5.73. The third-order valence-electron chi connectivity index (χ3n) is 5.04. The van der Waals surface area contributed by atoms with Crippen molar-refractivity contribution in [2.24, 2.45) is 5.73 Å². The van der Waals surface area contributed by atoms with Crippen LogP contribution in [0.25, 0.3) is 28.3 Å². The zero-order valence-electron chi connectivity index (χ0n) is 18.2. The van der Waals surface area contributed by atoms with E-state index in [4.69, 9.17) is 11.6 Å². The standard InChI is InChI=1S/C23H17ClF3N3O2.CH5N/c24-18-8-6-16(7-9-18)19-13-30-21(32)12-20(17-4-2-15(14-31)3-5-17)29(22(30)28-19)11-1-10-23(25,26)27;1-2/h2-9,12-14H,1,10-11H2;2H2,1H3. The first-order chi connectivity index (χ1) is 16.2. The van der Waals surface area contributed by atoms with Crippen molar-refractivity contribution in [1.82, 2.24) is 14.0 Å². The van der Waals surface area contributed by atoms with Crippen molar-refractivity contribution in [1.29, 1.82) is 0 Å². The zero-order valence-corrected chi connectivity index (χ0v) is 19.0. The van der Waals surface area contributed by atoms with Gasteiger partial charge in [-0.05, 0) is 31.2 Å². The van der Waals surface area contributed by atoms with Crippen LogP contribution in [0.1, 0.15) is 23.2 Å². The van der Waals surface area contributed by atoms with Crippen molar-refractivity contribution < 1.29 is 18.0 Å². The Kier molecular flexibility index (Phi) is 7.90. The number of benzene rings is 2. The lowest BCUT2D eigenvalue weighted by molar-refractivity contribution is -0.135. The van der Waals surface area contributed by atoms with E-state index in [1.54, 1.807) is 59.3 Å². The van der Waals surface area contributed by atoms with Gasteiger partial charge in [0.2, 0.25) is 5.78 Å². The Labute approximate surface area is 198 Å². The van der Waals surface area contributed by atoms with Crippen LogP contribution in [0, 0.1) is 0 Å². The molecule has 0 saturated heterocycles. The summed E-state index contributed by atoms with van der Waals surface area (Å²) in [6, 6.07) is 14.7. The van der Waals surface area contributed by atoms with Gasteiger partial charge in [0.05, 0.1) is 11.4 Å². The first-order valence-electron chi connectivity index (χ1n) is 10.3. The molecule has 0 unspecified atom stereocenters. The number of hydrogen-bond acceptors (Lipinski definition) is 4. The highest BCUT2D eigenvalue weighted by molar-refractivity contribution is 6.30. The van der Waals surface area contributed by atoms with E-state index in [2.05, 4.69) is 10.7 Å². The fourth-order valence-corrected chi connectivity index (χ4v) is 3.61. The number of rotatable bonds is 6. The highest BCUT2D eigenvalue weighted by Crippen LogP contribution is 2.27. The molecule has 10 heteroatoms. The number of halogens is 4. The Morgan fingerprint density at radius 3 is 2.24 bits per heavy atom. The molecular formula is C24H22ClF3N4O2. The van der Waals surface area contributed by atoms with Gasteiger partial charge in [0.25, 0.3) is 5.56 Å². The van der Waals surface area contributed by atoms with E-state index in [9.17, 15) is 22.8 Å². The second kappa shape index (κ2) is 10.7. The topological polar surface area (TPSA) is 82.4 Å². The van der Waals surface area contributed by atoms with Crippen LogP contribution in [0.5, 0.6) is 0 Å². The molecule has 0 aliphatic rings. The molecule has 0 atom stereocenters. The van der Waals surface area contributed by atoms with Gasteiger partial charge in [-0.3, -0.25) is 14.0 Å². The first-order valence-corrected chi connectivity index (χ1v) is 10.7. The molecule has 2 heterocycles. The summed E-state index contributed by atoms with van der Waals surface area (Å²) in [5.41, 5.74) is 6.82. The van der Waals surface area contributed by atoms with Crippen molar-refractivity contribution in [2.45, 2.75) is 25.6 Å². The number of fused-ring (bicyclic) bond motifs is 1. The minimum atomic E-state index is -4.29. The average Bonchev–Trinajstić information content (AvgIpc) is 3.28. The van der Waals surface area contributed by atoms with E-state index in [0.29, 0.717) is 33.8 Å². The van der Waals surface area contributed by atoms with Crippen LogP contribution in [-0.2, 0) is 6.54 Å². The number of imidazole rings is 1. The maximum atomic E-state index is 12.8. The number of carbonyl (C=O) groups excluding carboxylic acids is 1. The van der Waals surface area contributed by atoms with Crippen molar-refractivity contribution in [3.05, 3.63) is 81.7 Å². The number of alkyl halides is 3. The van der Waals surface area contributed by atoms with Crippen LogP contribution in [0.3, 0.4) is 0 Å². The molecule has 0 bridgehead atoms. The highest BCUT2D eigenvalue weighted by Gasteiger charge is 2.26. The normalized spacial score (nSPS) is 11.2. The summed E-state index contributed by atoms with van der Waals surface area (Å²) in [5, 5.41) is 0.547. The van der Waals surface area contributed by atoms with Crippen LogP contribution in [0.15, 0.2) is 65.6 Å². The molecule has 178 valence electrons. The molecule has 0 aliphatic heterocycles. The van der Waals surface area contributed by atoms with Gasteiger partial charge in [0, 0.05) is 41.4 Å².